The second-order valence-electron chi connectivity index (χ2n) is 4.96. The van der Waals surface area contributed by atoms with Gasteiger partial charge in [0.05, 0.1) is 23.3 Å². The lowest BCUT2D eigenvalue weighted by atomic mass is 10.3. The van der Waals surface area contributed by atoms with Crippen LogP contribution in [0.1, 0.15) is 36.4 Å². The van der Waals surface area contributed by atoms with Crippen LogP contribution < -0.4 is 0 Å². The van der Waals surface area contributed by atoms with Crippen molar-refractivity contribution in [2.24, 2.45) is 0 Å². The maximum atomic E-state index is 6.30. The number of hydrogen-bond acceptors (Lipinski definition) is 4. The van der Waals surface area contributed by atoms with Gasteiger partial charge in [0, 0.05) is 12.7 Å². The van der Waals surface area contributed by atoms with Crippen molar-refractivity contribution < 1.29 is 0 Å². The summed E-state index contributed by atoms with van der Waals surface area (Å²) in [5.74, 6) is 0.833. The molecule has 1 unspecified atom stereocenters. The molecule has 0 aliphatic heterocycles. The van der Waals surface area contributed by atoms with Gasteiger partial charge in [0.1, 0.15) is 11.3 Å². The molecule has 0 saturated carbocycles. The van der Waals surface area contributed by atoms with Crippen LogP contribution in [0, 0.1) is 6.92 Å². The summed E-state index contributed by atoms with van der Waals surface area (Å²) in [7, 11) is 0. The number of halogens is 1. The van der Waals surface area contributed by atoms with Gasteiger partial charge >= 0.3 is 0 Å². The van der Waals surface area contributed by atoms with Gasteiger partial charge in [0.2, 0.25) is 0 Å². The van der Waals surface area contributed by atoms with E-state index in [0.29, 0.717) is 6.54 Å². The predicted molar refractivity (Wildman–Crippen MR) is 81.3 cm³/mol. The van der Waals surface area contributed by atoms with Gasteiger partial charge in [-0.15, -0.1) is 11.6 Å². The number of hydrogen-bond donors (Lipinski definition) is 0. The maximum absolute atomic E-state index is 6.30. The number of aromatic nitrogens is 6. The Balaban J connectivity index is 2.20. The lowest BCUT2D eigenvalue weighted by Gasteiger charge is -2.11. The molecule has 0 N–H and O–H groups in total. The molecule has 7 heteroatoms. The third-order valence-electron chi connectivity index (χ3n) is 3.43. The fraction of sp³-hybridized carbons (Fsp3) is 0.429. The summed E-state index contributed by atoms with van der Waals surface area (Å²) in [6.07, 6.45) is 1.67. The fourth-order valence-corrected chi connectivity index (χ4v) is 2.67. The van der Waals surface area contributed by atoms with Crippen LogP contribution in [0.2, 0.25) is 0 Å². The van der Waals surface area contributed by atoms with Crippen LogP contribution in [0.4, 0.5) is 0 Å². The summed E-state index contributed by atoms with van der Waals surface area (Å²) < 4.78 is 4.04. The summed E-state index contributed by atoms with van der Waals surface area (Å²) in [6, 6.07) is 3.82. The van der Waals surface area contributed by atoms with Crippen molar-refractivity contribution in [3.05, 3.63) is 35.5 Å². The quantitative estimate of drug-likeness (QED) is 0.695. The van der Waals surface area contributed by atoms with E-state index >= 15 is 0 Å². The minimum absolute atomic E-state index is 0.182. The van der Waals surface area contributed by atoms with Crippen molar-refractivity contribution in [2.75, 3.05) is 0 Å². The summed E-state index contributed by atoms with van der Waals surface area (Å²) >= 11 is 6.30. The molecule has 21 heavy (non-hydrogen) atoms. The highest BCUT2D eigenvalue weighted by atomic mass is 35.5. The second kappa shape index (κ2) is 5.44. The average molecular weight is 305 g/mol. The zero-order chi connectivity index (χ0) is 15.0. The Morgan fingerprint density at radius 1 is 1.38 bits per heavy atom. The molecule has 0 amide bonds. The molecule has 3 heterocycles. The largest absolute Gasteiger partial charge is 0.305 e. The van der Waals surface area contributed by atoms with Crippen LogP contribution in [0.25, 0.3) is 11.2 Å². The zero-order valence-corrected chi connectivity index (χ0v) is 13.0. The Kier molecular flexibility index (Phi) is 3.63. The van der Waals surface area contributed by atoms with E-state index in [1.54, 1.807) is 6.20 Å². The minimum Gasteiger partial charge on any atom is -0.305 e. The SMILES string of the molecule is CCn1nc(C)c2nc(C(C)Cl)n(Cc3cccnn3)c21. The fourth-order valence-electron chi connectivity index (χ4n) is 2.50. The smallest absolute Gasteiger partial charge is 0.159 e. The van der Waals surface area contributed by atoms with Crippen LogP contribution in [-0.4, -0.2) is 29.5 Å². The molecule has 0 spiro atoms. The molecule has 3 aromatic heterocycles. The third-order valence-corrected chi connectivity index (χ3v) is 3.63. The maximum Gasteiger partial charge on any atom is 0.159 e. The Bertz CT molecular complexity index is 759. The number of nitrogens with zero attached hydrogens (tertiary/aromatic N) is 6. The summed E-state index contributed by atoms with van der Waals surface area (Å²) in [6.45, 7) is 7.33. The molecule has 0 fully saturated rings. The molecule has 3 aromatic rings. The number of fused-ring (bicyclic) bond motifs is 1. The standard InChI is InChI=1S/C14H17ClN6/c1-4-21-14-12(10(3)19-21)17-13(9(2)15)20(14)8-11-6-5-7-16-18-11/h5-7,9H,4,8H2,1-3H3. The normalized spacial score (nSPS) is 13.0. The monoisotopic (exact) mass is 304 g/mol. The van der Waals surface area contributed by atoms with Crippen molar-refractivity contribution in [1.82, 2.24) is 29.5 Å². The molecule has 3 rings (SSSR count). The summed E-state index contributed by atoms with van der Waals surface area (Å²) in [5, 5.41) is 12.4. The first kappa shape index (κ1) is 14.0. The number of alkyl halides is 1. The predicted octanol–water partition coefficient (Wildman–Crippen LogP) is 2.70. The van der Waals surface area contributed by atoms with Crippen LogP contribution >= 0.6 is 11.6 Å². The molecular formula is C14H17ClN6. The van der Waals surface area contributed by atoms with Crippen LogP contribution in [0.15, 0.2) is 18.3 Å². The molecule has 0 radical (unpaired) electrons. The Morgan fingerprint density at radius 3 is 2.81 bits per heavy atom. The molecule has 0 aromatic carbocycles. The molecule has 1 atom stereocenters. The van der Waals surface area contributed by atoms with E-state index in [1.807, 2.05) is 30.7 Å². The van der Waals surface area contributed by atoms with Gasteiger partial charge in [-0.3, -0.25) is 0 Å². The summed E-state index contributed by atoms with van der Waals surface area (Å²) in [5.41, 5.74) is 3.69. The highest BCUT2D eigenvalue weighted by Crippen LogP contribution is 2.27. The van der Waals surface area contributed by atoms with Gasteiger partial charge in [-0.25, -0.2) is 9.67 Å². The molecule has 0 saturated heterocycles. The average Bonchev–Trinajstić information content (AvgIpc) is 2.99. The van der Waals surface area contributed by atoms with Crippen LogP contribution in [0.3, 0.4) is 0 Å². The molecule has 0 aliphatic rings. The van der Waals surface area contributed by atoms with E-state index in [4.69, 9.17) is 11.6 Å². The van der Waals surface area contributed by atoms with Gasteiger partial charge in [0.15, 0.2) is 5.65 Å². The number of imidazole rings is 1. The van der Waals surface area contributed by atoms with E-state index in [-0.39, 0.29) is 5.38 Å². The van der Waals surface area contributed by atoms with Gasteiger partial charge in [-0.1, -0.05) is 0 Å². The molecule has 0 bridgehead atoms. The van der Waals surface area contributed by atoms with E-state index in [9.17, 15) is 0 Å². The van der Waals surface area contributed by atoms with Gasteiger partial charge < -0.3 is 4.57 Å². The molecular weight excluding hydrogens is 288 g/mol. The van der Waals surface area contributed by atoms with E-state index in [1.165, 1.54) is 0 Å². The highest BCUT2D eigenvalue weighted by Gasteiger charge is 2.21. The molecule has 0 aliphatic carbocycles. The zero-order valence-electron chi connectivity index (χ0n) is 12.3. The van der Waals surface area contributed by atoms with E-state index < -0.39 is 0 Å². The van der Waals surface area contributed by atoms with Crippen molar-refractivity contribution in [3.8, 4) is 0 Å². The lowest BCUT2D eigenvalue weighted by molar-refractivity contribution is 0.627. The Hall–Kier alpha value is -1.95. The number of rotatable bonds is 4. The Labute approximate surface area is 127 Å². The molecule has 6 nitrogen and oxygen atoms in total. The summed E-state index contributed by atoms with van der Waals surface area (Å²) in [4.78, 5) is 4.68. The van der Waals surface area contributed by atoms with Crippen LogP contribution in [0.5, 0.6) is 0 Å². The lowest BCUT2D eigenvalue weighted by Crippen LogP contribution is -2.11. The number of aryl methyl sites for hydroxylation is 2. The topological polar surface area (TPSA) is 61.4 Å². The van der Waals surface area contributed by atoms with Gasteiger partial charge in [-0.2, -0.15) is 15.3 Å². The van der Waals surface area contributed by atoms with Crippen molar-refractivity contribution >= 4 is 22.8 Å². The van der Waals surface area contributed by atoms with E-state index in [0.717, 1.165) is 34.9 Å². The van der Waals surface area contributed by atoms with Crippen molar-refractivity contribution in [1.29, 1.82) is 0 Å². The van der Waals surface area contributed by atoms with Crippen molar-refractivity contribution in [2.45, 2.75) is 39.2 Å². The second-order valence-corrected chi connectivity index (χ2v) is 5.62. The first-order valence-corrected chi connectivity index (χ1v) is 7.39. The first-order chi connectivity index (χ1) is 10.1. The third kappa shape index (κ3) is 2.40. The first-order valence-electron chi connectivity index (χ1n) is 6.96. The van der Waals surface area contributed by atoms with E-state index in [2.05, 4.69) is 31.8 Å². The highest BCUT2D eigenvalue weighted by molar-refractivity contribution is 6.20. The molecule has 110 valence electrons. The van der Waals surface area contributed by atoms with Gasteiger partial charge in [-0.05, 0) is 32.9 Å². The van der Waals surface area contributed by atoms with Crippen molar-refractivity contribution in [3.63, 3.8) is 0 Å². The Morgan fingerprint density at radius 2 is 2.19 bits per heavy atom. The van der Waals surface area contributed by atoms with Gasteiger partial charge in [0.25, 0.3) is 0 Å². The van der Waals surface area contributed by atoms with Crippen LogP contribution in [-0.2, 0) is 13.1 Å². The minimum atomic E-state index is -0.182.